The molecule has 0 nitrogen and oxygen atoms in total. The van der Waals surface area contributed by atoms with Crippen LogP contribution in [0.1, 0.15) is 105 Å². The first-order valence-electron chi connectivity index (χ1n) is 9.23. The molecule has 0 N–H and O–H groups in total. The third kappa shape index (κ3) is 18.5. The average molecular weight is 283 g/mol. The molecule has 0 fully saturated rings. The monoisotopic (exact) mass is 283 g/mol. The molecule has 0 aromatic heterocycles. The molecule has 0 unspecified atom stereocenters. The molecule has 19 heavy (non-hydrogen) atoms. The first kappa shape index (κ1) is 19.5. The van der Waals surface area contributed by atoms with E-state index in [1.807, 2.05) is 0 Å². The van der Waals surface area contributed by atoms with E-state index in [4.69, 9.17) is 0 Å². The number of rotatable bonds is 16. The first-order valence-corrected chi connectivity index (χ1v) is 10.9. The largest absolute Gasteiger partial charge is 0.199 e. The Morgan fingerprint density at radius 3 is 1.26 bits per heavy atom. The van der Waals surface area contributed by atoms with Crippen molar-refractivity contribution in [2.75, 3.05) is 0 Å². The van der Waals surface area contributed by atoms with Crippen molar-refractivity contribution in [1.29, 1.82) is 0 Å². The number of hydrogen-bond donors (Lipinski definition) is 0. The Morgan fingerprint density at radius 2 is 0.895 bits per heavy atom. The molecule has 0 saturated heterocycles. The van der Waals surface area contributed by atoms with Crippen molar-refractivity contribution in [3.05, 3.63) is 0 Å². The zero-order valence-electron chi connectivity index (χ0n) is 13.9. The first-order chi connectivity index (χ1) is 9.41. The zero-order valence-corrected chi connectivity index (χ0v) is 15.0. The van der Waals surface area contributed by atoms with Crippen LogP contribution in [0.15, 0.2) is 0 Å². The highest BCUT2D eigenvalue weighted by atomic mass is 27.1. The summed E-state index contributed by atoms with van der Waals surface area (Å²) in [6.45, 7) is 4.63. The minimum atomic E-state index is 0. The third-order valence-electron chi connectivity index (χ3n) is 4.05. The van der Waals surface area contributed by atoms with Gasteiger partial charge in [0.2, 0.25) is 0 Å². The normalized spacial score (nSPS) is 10.8. The van der Waals surface area contributed by atoms with Gasteiger partial charge in [0.05, 0.1) is 0 Å². The average Bonchev–Trinajstić information content (AvgIpc) is 2.43. The molecule has 0 aromatic rings. The van der Waals surface area contributed by atoms with Gasteiger partial charge in [0.25, 0.3) is 0 Å². The lowest BCUT2D eigenvalue weighted by atomic mass is 10.0. The minimum Gasteiger partial charge on any atom is -0.106 e. The molecule has 0 saturated carbocycles. The van der Waals surface area contributed by atoms with Crippen molar-refractivity contribution in [2.45, 2.75) is 114 Å². The van der Waals surface area contributed by atoms with Gasteiger partial charge >= 0.3 is 0 Å². The van der Waals surface area contributed by atoms with Crippen LogP contribution in [-0.2, 0) is 0 Å². The van der Waals surface area contributed by atoms with E-state index in [9.17, 15) is 0 Å². The summed E-state index contributed by atoms with van der Waals surface area (Å²) >= 11 is 0.793. The van der Waals surface area contributed by atoms with E-state index in [1.165, 1.54) is 95.2 Å². The quantitative estimate of drug-likeness (QED) is 0.206. The van der Waals surface area contributed by atoms with E-state index < -0.39 is 0 Å². The maximum absolute atomic E-state index is 2.33. The molecule has 0 aliphatic heterocycles. The standard InChI is InChI=1S/C16H33.C2H5.Al.H2/c1-3-5-7-9-11-13-15-16-14-12-10-8-6-4-2;1-2;;/h1,3-16H2,2H3;1H2,2H3;;1H. The van der Waals surface area contributed by atoms with Gasteiger partial charge in [-0.05, 0) is 0 Å². The summed E-state index contributed by atoms with van der Waals surface area (Å²) in [5, 5.41) is 3.01. The number of hydrogen-bond acceptors (Lipinski definition) is 0. The van der Waals surface area contributed by atoms with Gasteiger partial charge < -0.3 is 0 Å². The Kier molecular flexibility index (Phi) is 19.1. The van der Waals surface area contributed by atoms with Crippen LogP contribution >= 0.6 is 0 Å². The van der Waals surface area contributed by atoms with E-state index in [0.717, 1.165) is 15.2 Å². The van der Waals surface area contributed by atoms with Crippen LogP contribution in [0, 0.1) is 0 Å². The Labute approximate surface area is 131 Å². The zero-order chi connectivity index (χ0) is 14.0. The van der Waals surface area contributed by atoms with Gasteiger partial charge in [0.15, 0.2) is 15.2 Å². The molecule has 0 spiro atoms. The second kappa shape index (κ2) is 18.5. The van der Waals surface area contributed by atoms with Gasteiger partial charge in [-0.25, -0.2) is 0 Å². The summed E-state index contributed by atoms with van der Waals surface area (Å²) in [7, 11) is 0. The second-order valence-corrected chi connectivity index (χ2v) is 8.05. The van der Waals surface area contributed by atoms with Crippen molar-refractivity contribution >= 4 is 15.2 Å². The van der Waals surface area contributed by atoms with Crippen LogP contribution < -0.4 is 0 Å². The molecule has 0 aliphatic carbocycles. The summed E-state index contributed by atoms with van der Waals surface area (Å²) in [6, 6.07) is 0. The van der Waals surface area contributed by atoms with Crippen molar-refractivity contribution in [2.24, 2.45) is 0 Å². The van der Waals surface area contributed by atoms with Crippen LogP contribution in [0.25, 0.3) is 0 Å². The fourth-order valence-corrected chi connectivity index (χ4v) is 3.67. The smallest absolute Gasteiger partial charge is 0.106 e. The highest BCUT2D eigenvalue weighted by Crippen LogP contribution is 2.13. The minimum absolute atomic E-state index is 0. The lowest BCUT2D eigenvalue weighted by molar-refractivity contribution is 0.538. The second-order valence-electron chi connectivity index (χ2n) is 6.08. The molecule has 0 bridgehead atoms. The lowest BCUT2D eigenvalue weighted by Crippen LogP contribution is -1.86. The van der Waals surface area contributed by atoms with Gasteiger partial charge in [-0.2, -0.15) is 0 Å². The number of unbranched alkanes of at least 4 members (excludes halogenated alkanes) is 13. The van der Waals surface area contributed by atoms with Crippen LogP contribution in [-0.4, -0.2) is 15.2 Å². The molecule has 115 valence electrons. The highest BCUT2D eigenvalue weighted by molar-refractivity contribution is 6.35. The SMILES string of the molecule is CCCCCCCCCCCCCCC[CH2][Al][CH2]C.[HH]. The summed E-state index contributed by atoms with van der Waals surface area (Å²) in [5.41, 5.74) is 0. The van der Waals surface area contributed by atoms with Gasteiger partial charge in [0.1, 0.15) is 0 Å². The van der Waals surface area contributed by atoms with Crippen molar-refractivity contribution in [3.63, 3.8) is 0 Å². The Balaban J connectivity index is 0. The maximum Gasteiger partial charge on any atom is 0.199 e. The van der Waals surface area contributed by atoms with Gasteiger partial charge in [-0.15, -0.1) is 10.6 Å². The lowest BCUT2D eigenvalue weighted by Gasteiger charge is -2.03. The fraction of sp³-hybridized carbons (Fsp3) is 1.00. The molecular weight excluding hydrogens is 243 g/mol. The van der Waals surface area contributed by atoms with Gasteiger partial charge in [0, 0.05) is 1.43 Å². The fourth-order valence-electron chi connectivity index (χ4n) is 2.69. The topological polar surface area (TPSA) is 0 Å². The highest BCUT2D eigenvalue weighted by Gasteiger charge is 1.94. The van der Waals surface area contributed by atoms with E-state index in [-0.39, 0.29) is 1.43 Å². The van der Waals surface area contributed by atoms with E-state index in [0.29, 0.717) is 0 Å². The molecule has 0 amide bonds. The van der Waals surface area contributed by atoms with E-state index in [1.54, 1.807) is 5.28 Å². The van der Waals surface area contributed by atoms with Gasteiger partial charge in [-0.3, -0.25) is 0 Å². The van der Waals surface area contributed by atoms with Crippen molar-refractivity contribution in [3.8, 4) is 0 Å². The predicted octanol–water partition coefficient (Wildman–Crippen LogP) is 7.27. The molecule has 0 heterocycles. The summed E-state index contributed by atoms with van der Waals surface area (Å²) in [4.78, 5) is 0. The van der Waals surface area contributed by atoms with Crippen LogP contribution in [0.2, 0.25) is 10.6 Å². The summed E-state index contributed by atoms with van der Waals surface area (Å²) in [6.07, 6.45) is 20.7. The van der Waals surface area contributed by atoms with E-state index >= 15 is 0 Å². The molecule has 0 aromatic carbocycles. The van der Waals surface area contributed by atoms with Crippen molar-refractivity contribution < 1.29 is 1.43 Å². The van der Waals surface area contributed by atoms with Crippen LogP contribution in [0.4, 0.5) is 0 Å². The summed E-state index contributed by atoms with van der Waals surface area (Å²) < 4.78 is 0. The third-order valence-corrected chi connectivity index (χ3v) is 5.44. The molecule has 1 heteroatoms. The Bertz CT molecular complexity index is 134. The van der Waals surface area contributed by atoms with Crippen LogP contribution in [0.5, 0.6) is 0 Å². The van der Waals surface area contributed by atoms with Crippen molar-refractivity contribution in [1.82, 2.24) is 0 Å². The Hall–Kier alpha value is 0.532. The molecule has 1 radical (unpaired) electrons. The summed E-state index contributed by atoms with van der Waals surface area (Å²) in [5.74, 6) is 0. The molecule has 0 rings (SSSR count). The molecule has 0 atom stereocenters. The molecule has 0 aliphatic rings. The molecular formula is C18H40Al. The van der Waals surface area contributed by atoms with Crippen LogP contribution in [0.3, 0.4) is 0 Å². The predicted molar refractivity (Wildman–Crippen MR) is 93.5 cm³/mol. The Morgan fingerprint density at radius 1 is 0.526 bits per heavy atom. The van der Waals surface area contributed by atoms with Gasteiger partial charge in [-0.1, -0.05) is 104 Å². The maximum atomic E-state index is 2.33. The van der Waals surface area contributed by atoms with E-state index in [2.05, 4.69) is 13.8 Å².